The number of para-hydroxylation sites is 1. The number of nitro groups is 1. The number of nitro benzene ring substituents is 1. The molecule has 110 valence electrons. The van der Waals surface area contributed by atoms with Crippen LogP contribution in [0.4, 0.5) is 21.5 Å². The summed E-state index contributed by atoms with van der Waals surface area (Å²) in [5, 5.41) is 13.9. The quantitative estimate of drug-likeness (QED) is 0.693. The molecule has 6 nitrogen and oxygen atoms in total. The fourth-order valence-corrected chi connectivity index (χ4v) is 2.66. The second kappa shape index (κ2) is 5.49. The van der Waals surface area contributed by atoms with Crippen molar-refractivity contribution in [3.05, 3.63) is 58.4 Å². The van der Waals surface area contributed by atoms with Crippen LogP contribution in [0.25, 0.3) is 0 Å². The highest BCUT2D eigenvalue weighted by atomic mass is 32.2. The average molecular weight is 310 g/mol. The summed E-state index contributed by atoms with van der Waals surface area (Å²) >= 11 is 0. The van der Waals surface area contributed by atoms with Crippen LogP contribution >= 0.6 is 0 Å². The van der Waals surface area contributed by atoms with Gasteiger partial charge in [-0.2, -0.15) is 0 Å². The summed E-state index contributed by atoms with van der Waals surface area (Å²) in [6.45, 7) is 0. The number of sulfone groups is 1. The number of nitrogens with one attached hydrogen (secondary N) is 1. The molecule has 8 heteroatoms. The molecule has 0 aromatic heterocycles. The molecule has 2 rings (SSSR count). The van der Waals surface area contributed by atoms with E-state index in [0.717, 1.165) is 6.26 Å². The van der Waals surface area contributed by atoms with Crippen LogP contribution < -0.4 is 5.32 Å². The van der Waals surface area contributed by atoms with E-state index in [4.69, 9.17) is 0 Å². The molecule has 0 aliphatic carbocycles. The maximum absolute atomic E-state index is 12.8. The van der Waals surface area contributed by atoms with E-state index in [1.807, 2.05) is 0 Å². The molecular weight excluding hydrogens is 299 g/mol. The van der Waals surface area contributed by atoms with Crippen molar-refractivity contribution in [2.45, 2.75) is 4.90 Å². The van der Waals surface area contributed by atoms with E-state index in [-0.39, 0.29) is 10.6 Å². The van der Waals surface area contributed by atoms with Crippen molar-refractivity contribution in [1.82, 2.24) is 0 Å². The molecule has 2 aromatic rings. The molecule has 0 saturated heterocycles. The Hall–Kier alpha value is -2.48. The fourth-order valence-electron chi connectivity index (χ4n) is 1.80. The predicted octanol–water partition coefficient (Wildman–Crippen LogP) is 2.88. The van der Waals surface area contributed by atoms with Gasteiger partial charge >= 0.3 is 5.69 Å². The summed E-state index contributed by atoms with van der Waals surface area (Å²) in [4.78, 5) is 10.0. The molecule has 2 aromatic carbocycles. The lowest BCUT2D eigenvalue weighted by Gasteiger charge is -2.09. The zero-order valence-corrected chi connectivity index (χ0v) is 11.7. The molecular formula is C13H11FN2O4S. The Bertz CT molecular complexity index is 788. The van der Waals surface area contributed by atoms with Crippen LogP contribution in [0.5, 0.6) is 0 Å². The van der Waals surface area contributed by atoms with E-state index in [1.165, 1.54) is 42.5 Å². The first-order valence-corrected chi connectivity index (χ1v) is 7.68. The lowest BCUT2D eigenvalue weighted by atomic mass is 10.2. The van der Waals surface area contributed by atoms with Crippen LogP contribution in [0.2, 0.25) is 0 Å². The van der Waals surface area contributed by atoms with Gasteiger partial charge in [-0.05, 0) is 36.4 Å². The van der Waals surface area contributed by atoms with Gasteiger partial charge in [0.15, 0.2) is 9.84 Å². The topological polar surface area (TPSA) is 89.3 Å². The molecule has 0 aliphatic heterocycles. The second-order valence-corrected chi connectivity index (χ2v) is 6.30. The number of anilines is 2. The normalized spacial score (nSPS) is 11.1. The Balaban J connectivity index is 2.54. The first-order valence-electron chi connectivity index (χ1n) is 5.79. The van der Waals surface area contributed by atoms with Crippen molar-refractivity contribution in [2.75, 3.05) is 11.6 Å². The minimum absolute atomic E-state index is 0.0227. The minimum atomic E-state index is -3.74. The standard InChI is InChI=1S/C13H11FN2O4S/c1-21(19,20)12-4-2-3-11(13(12)16(17)18)15-10-7-5-9(14)6-8-10/h2-8,15H,1H3. The lowest BCUT2D eigenvalue weighted by Crippen LogP contribution is -2.05. The minimum Gasteiger partial charge on any atom is -0.350 e. The summed E-state index contributed by atoms with van der Waals surface area (Å²) in [6, 6.07) is 9.12. The van der Waals surface area contributed by atoms with E-state index in [2.05, 4.69) is 5.32 Å². The summed E-state index contributed by atoms with van der Waals surface area (Å²) in [7, 11) is -3.74. The Kier molecular flexibility index (Phi) is 3.90. The van der Waals surface area contributed by atoms with Crippen LogP contribution in [0.1, 0.15) is 0 Å². The summed E-state index contributed by atoms with van der Waals surface area (Å²) in [6.07, 6.45) is 0.900. The number of benzene rings is 2. The number of rotatable bonds is 4. The van der Waals surface area contributed by atoms with Crippen molar-refractivity contribution >= 4 is 26.9 Å². The zero-order chi connectivity index (χ0) is 15.6. The summed E-state index contributed by atoms with van der Waals surface area (Å²) in [5.41, 5.74) is -0.107. The molecule has 0 aliphatic rings. The van der Waals surface area contributed by atoms with Gasteiger partial charge in [0.2, 0.25) is 0 Å². The molecule has 0 unspecified atom stereocenters. The van der Waals surface area contributed by atoms with Gasteiger partial charge in [-0.3, -0.25) is 10.1 Å². The third-order valence-corrected chi connectivity index (χ3v) is 3.83. The highest BCUT2D eigenvalue weighted by molar-refractivity contribution is 7.90. The Labute approximate surface area is 120 Å². The van der Waals surface area contributed by atoms with Gasteiger partial charge < -0.3 is 5.32 Å². The zero-order valence-electron chi connectivity index (χ0n) is 10.9. The number of hydrogen-bond donors (Lipinski definition) is 1. The van der Waals surface area contributed by atoms with E-state index in [0.29, 0.717) is 5.69 Å². The van der Waals surface area contributed by atoms with Crippen LogP contribution in [-0.2, 0) is 9.84 Å². The Morgan fingerprint density at radius 2 is 1.76 bits per heavy atom. The summed E-state index contributed by atoms with van der Waals surface area (Å²) < 4.78 is 36.1. The molecule has 21 heavy (non-hydrogen) atoms. The molecule has 0 amide bonds. The number of halogens is 1. The van der Waals surface area contributed by atoms with Crippen LogP contribution in [0.15, 0.2) is 47.4 Å². The van der Waals surface area contributed by atoms with E-state index in [1.54, 1.807) is 0 Å². The van der Waals surface area contributed by atoms with Crippen molar-refractivity contribution in [3.8, 4) is 0 Å². The smallest absolute Gasteiger partial charge is 0.311 e. The van der Waals surface area contributed by atoms with Crippen molar-refractivity contribution in [2.24, 2.45) is 0 Å². The third kappa shape index (κ3) is 3.34. The van der Waals surface area contributed by atoms with Crippen molar-refractivity contribution in [1.29, 1.82) is 0 Å². The lowest BCUT2D eigenvalue weighted by molar-refractivity contribution is -0.386. The average Bonchev–Trinajstić information content (AvgIpc) is 2.40. The van der Waals surface area contributed by atoms with Gasteiger partial charge in [0.05, 0.1) is 4.92 Å². The second-order valence-electron chi connectivity index (χ2n) is 4.31. The van der Waals surface area contributed by atoms with Gasteiger partial charge in [-0.25, -0.2) is 12.8 Å². The Morgan fingerprint density at radius 3 is 2.29 bits per heavy atom. The van der Waals surface area contributed by atoms with Crippen LogP contribution in [0.3, 0.4) is 0 Å². The van der Waals surface area contributed by atoms with Gasteiger partial charge in [0.1, 0.15) is 16.4 Å². The largest absolute Gasteiger partial charge is 0.350 e. The molecule has 0 radical (unpaired) electrons. The molecule has 0 heterocycles. The van der Waals surface area contributed by atoms with E-state index in [9.17, 15) is 22.9 Å². The van der Waals surface area contributed by atoms with Gasteiger partial charge in [0, 0.05) is 11.9 Å². The molecule has 0 bridgehead atoms. The molecule has 0 fully saturated rings. The maximum atomic E-state index is 12.8. The number of hydrogen-bond acceptors (Lipinski definition) is 5. The van der Waals surface area contributed by atoms with Crippen molar-refractivity contribution in [3.63, 3.8) is 0 Å². The van der Waals surface area contributed by atoms with Gasteiger partial charge in [-0.1, -0.05) is 6.07 Å². The Morgan fingerprint density at radius 1 is 1.14 bits per heavy atom. The van der Waals surface area contributed by atoms with Crippen LogP contribution in [0, 0.1) is 15.9 Å². The third-order valence-electron chi connectivity index (χ3n) is 2.70. The van der Waals surface area contributed by atoms with E-state index < -0.39 is 26.3 Å². The number of nitrogens with zero attached hydrogens (tertiary/aromatic N) is 1. The first-order chi connectivity index (χ1) is 9.79. The predicted molar refractivity (Wildman–Crippen MR) is 75.9 cm³/mol. The highest BCUT2D eigenvalue weighted by Gasteiger charge is 2.26. The molecule has 0 spiro atoms. The fraction of sp³-hybridized carbons (Fsp3) is 0.0769. The van der Waals surface area contributed by atoms with Crippen LogP contribution in [-0.4, -0.2) is 19.6 Å². The highest BCUT2D eigenvalue weighted by Crippen LogP contribution is 2.33. The SMILES string of the molecule is CS(=O)(=O)c1cccc(Nc2ccc(F)cc2)c1[N+](=O)[O-]. The van der Waals surface area contributed by atoms with Gasteiger partial charge in [0.25, 0.3) is 0 Å². The van der Waals surface area contributed by atoms with E-state index >= 15 is 0 Å². The molecule has 1 N–H and O–H groups in total. The maximum Gasteiger partial charge on any atom is 0.311 e. The van der Waals surface area contributed by atoms with Gasteiger partial charge in [-0.15, -0.1) is 0 Å². The molecule has 0 atom stereocenters. The van der Waals surface area contributed by atoms with Crippen molar-refractivity contribution < 1.29 is 17.7 Å². The molecule has 0 saturated carbocycles. The monoisotopic (exact) mass is 310 g/mol. The summed E-state index contributed by atoms with van der Waals surface area (Å²) in [5.74, 6) is -0.445. The first kappa shape index (κ1) is 14.9.